The van der Waals surface area contributed by atoms with Crippen molar-refractivity contribution in [1.82, 2.24) is 10.6 Å². The van der Waals surface area contributed by atoms with Crippen molar-refractivity contribution in [3.05, 3.63) is 75.5 Å². The molecule has 1 atom stereocenters. The number of hydrogen-bond acceptors (Lipinski definition) is 8. The predicted molar refractivity (Wildman–Crippen MR) is 119 cm³/mol. The van der Waals surface area contributed by atoms with Crippen molar-refractivity contribution in [3.63, 3.8) is 0 Å². The molecule has 1 aliphatic rings. The second-order valence-corrected chi connectivity index (χ2v) is 7.98. The van der Waals surface area contributed by atoms with Gasteiger partial charge in [-0.25, -0.2) is 14.4 Å². The first-order valence-electron chi connectivity index (χ1n) is 9.96. The van der Waals surface area contributed by atoms with Crippen molar-refractivity contribution in [1.29, 1.82) is 0 Å². The summed E-state index contributed by atoms with van der Waals surface area (Å²) in [4.78, 5) is 48.8. The van der Waals surface area contributed by atoms with Crippen LogP contribution in [0.3, 0.4) is 0 Å². The van der Waals surface area contributed by atoms with Crippen LogP contribution in [0.25, 0.3) is 0 Å². The Morgan fingerprint density at radius 2 is 1.85 bits per heavy atom. The molecule has 0 saturated carbocycles. The van der Waals surface area contributed by atoms with Gasteiger partial charge in [0.25, 0.3) is 5.69 Å². The largest absolute Gasteiger partial charge is 0.463 e. The number of nitro benzene ring substituents is 1. The maximum Gasteiger partial charge on any atom is 0.338 e. The van der Waals surface area contributed by atoms with E-state index < -0.39 is 35.5 Å². The van der Waals surface area contributed by atoms with E-state index in [9.17, 15) is 24.5 Å². The average Bonchev–Trinajstić information content (AvgIpc) is 2.78. The van der Waals surface area contributed by atoms with Crippen LogP contribution in [-0.2, 0) is 14.3 Å². The van der Waals surface area contributed by atoms with Crippen LogP contribution in [0.5, 0.6) is 0 Å². The fourth-order valence-corrected chi connectivity index (χ4v) is 4.02. The molecular formula is C22H21N3O7S. The number of esters is 2. The quantitative estimate of drug-likeness (QED) is 0.339. The van der Waals surface area contributed by atoms with Crippen LogP contribution in [0.2, 0.25) is 0 Å². The number of nitrogens with zero attached hydrogens (tertiary/aromatic N) is 1. The Balaban J connectivity index is 1.79. The lowest BCUT2D eigenvalue weighted by Crippen LogP contribution is -2.50. The monoisotopic (exact) mass is 471 g/mol. The van der Waals surface area contributed by atoms with Gasteiger partial charge in [-0.3, -0.25) is 10.1 Å². The Morgan fingerprint density at radius 3 is 2.52 bits per heavy atom. The molecule has 1 heterocycles. The Bertz CT molecular complexity index is 1120. The minimum absolute atomic E-state index is 0.0364. The Morgan fingerprint density at radius 1 is 1.12 bits per heavy atom. The second kappa shape index (κ2) is 10.6. The summed E-state index contributed by atoms with van der Waals surface area (Å²) in [5.41, 5.74) is -0.0622. The van der Waals surface area contributed by atoms with Crippen LogP contribution in [0, 0.1) is 10.1 Å². The second-order valence-electron chi connectivity index (χ2n) is 6.86. The molecule has 2 aromatic carbocycles. The molecule has 1 unspecified atom stereocenters. The maximum absolute atomic E-state index is 12.6. The van der Waals surface area contributed by atoms with Crippen LogP contribution >= 0.6 is 11.8 Å². The first-order valence-corrected chi connectivity index (χ1v) is 10.8. The molecule has 2 amide bonds. The van der Waals surface area contributed by atoms with Crippen molar-refractivity contribution in [3.8, 4) is 0 Å². The van der Waals surface area contributed by atoms with Crippen LogP contribution in [0.1, 0.15) is 24.2 Å². The number of nitro groups is 1. The Labute approximate surface area is 193 Å². The van der Waals surface area contributed by atoms with E-state index in [0.717, 1.165) is 11.0 Å². The van der Waals surface area contributed by atoms with Gasteiger partial charge in [-0.2, -0.15) is 0 Å². The molecule has 0 radical (unpaired) electrons. The third-order valence-electron chi connectivity index (χ3n) is 4.58. The van der Waals surface area contributed by atoms with Crippen molar-refractivity contribution < 1.29 is 28.8 Å². The van der Waals surface area contributed by atoms with Gasteiger partial charge in [0, 0.05) is 11.0 Å². The standard InChI is InChI=1S/C22H21N3O7S/c1-3-31-21(27)19-13(2)23-22(28)24-16(19)12-32-20(26)14-9-10-18(17(11-14)25(29)30)33-15-7-5-4-6-8-15/h4-11,13H,3,12H2,1-2H3,(H2,23,24,28). The zero-order chi connectivity index (χ0) is 24.0. The number of carbonyl (C=O) groups is 3. The van der Waals surface area contributed by atoms with Crippen molar-refractivity contribution in [2.45, 2.75) is 29.7 Å². The number of urea groups is 1. The zero-order valence-electron chi connectivity index (χ0n) is 17.8. The Hall–Kier alpha value is -3.86. The molecule has 10 nitrogen and oxygen atoms in total. The van der Waals surface area contributed by atoms with Crippen LogP contribution < -0.4 is 10.6 Å². The molecule has 2 N–H and O–H groups in total. The summed E-state index contributed by atoms with van der Waals surface area (Å²) in [5.74, 6) is -1.49. The number of benzene rings is 2. The average molecular weight is 471 g/mol. The fourth-order valence-electron chi connectivity index (χ4n) is 3.10. The predicted octanol–water partition coefficient (Wildman–Crippen LogP) is 3.42. The summed E-state index contributed by atoms with van der Waals surface area (Å²) in [5, 5.41) is 16.6. The topological polar surface area (TPSA) is 137 Å². The molecule has 172 valence electrons. The lowest BCUT2D eigenvalue weighted by atomic mass is 10.0. The molecule has 11 heteroatoms. The normalized spacial score (nSPS) is 15.3. The minimum atomic E-state index is -0.842. The first-order chi connectivity index (χ1) is 15.8. The summed E-state index contributed by atoms with van der Waals surface area (Å²) < 4.78 is 10.2. The Kier molecular flexibility index (Phi) is 7.67. The van der Waals surface area contributed by atoms with E-state index in [1.807, 2.05) is 30.3 Å². The number of hydrogen-bond donors (Lipinski definition) is 2. The van der Waals surface area contributed by atoms with Gasteiger partial charge in [0.15, 0.2) is 0 Å². The summed E-state index contributed by atoms with van der Waals surface area (Å²) in [6, 6.07) is 11.9. The number of rotatable bonds is 8. The third kappa shape index (κ3) is 5.89. The third-order valence-corrected chi connectivity index (χ3v) is 5.65. The maximum atomic E-state index is 12.6. The van der Waals surface area contributed by atoms with Crippen molar-refractivity contribution >= 4 is 35.4 Å². The van der Waals surface area contributed by atoms with E-state index in [2.05, 4.69) is 10.6 Å². The number of nitrogens with one attached hydrogen (secondary N) is 2. The van der Waals surface area contributed by atoms with Gasteiger partial charge >= 0.3 is 18.0 Å². The van der Waals surface area contributed by atoms with Crippen molar-refractivity contribution in [2.75, 3.05) is 13.2 Å². The summed E-state index contributed by atoms with van der Waals surface area (Å²) in [6.07, 6.45) is 0. The van der Waals surface area contributed by atoms with Gasteiger partial charge in [-0.05, 0) is 38.1 Å². The van der Waals surface area contributed by atoms with E-state index in [1.54, 1.807) is 13.8 Å². The van der Waals surface area contributed by atoms with E-state index in [0.29, 0.717) is 4.90 Å². The highest BCUT2D eigenvalue weighted by atomic mass is 32.2. The summed E-state index contributed by atoms with van der Waals surface area (Å²) in [6.45, 7) is 2.95. The molecule has 0 aliphatic carbocycles. The molecule has 0 saturated heterocycles. The molecule has 1 aliphatic heterocycles. The minimum Gasteiger partial charge on any atom is -0.463 e. The smallest absolute Gasteiger partial charge is 0.338 e. The number of ether oxygens (including phenoxy) is 2. The van der Waals surface area contributed by atoms with E-state index >= 15 is 0 Å². The SMILES string of the molecule is CCOC(=O)C1=C(COC(=O)c2ccc(Sc3ccccc3)c([N+](=O)[O-])c2)NC(=O)NC1C. The highest BCUT2D eigenvalue weighted by Gasteiger charge is 2.30. The molecule has 0 aromatic heterocycles. The van der Waals surface area contributed by atoms with Gasteiger partial charge < -0.3 is 20.1 Å². The van der Waals surface area contributed by atoms with Crippen LogP contribution in [-0.4, -0.2) is 42.1 Å². The van der Waals surface area contributed by atoms with E-state index in [4.69, 9.17) is 9.47 Å². The zero-order valence-corrected chi connectivity index (χ0v) is 18.6. The molecule has 0 spiro atoms. The van der Waals surface area contributed by atoms with Gasteiger partial charge in [-0.1, -0.05) is 30.0 Å². The van der Waals surface area contributed by atoms with Crippen molar-refractivity contribution in [2.24, 2.45) is 0 Å². The highest BCUT2D eigenvalue weighted by molar-refractivity contribution is 7.99. The number of carbonyl (C=O) groups excluding carboxylic acids is 3. The summed E-state index contributed by atoms with van der Waals surface area (Å²) >= 11 is 1.20. The first kappa shape index (κ1) is 23.8. The molecular weight excluding hydrogens is 450 g/mol. The van der Waals surface area contributed by atoms with Gasteiger partial charge in [0.2, 0.25) is 0 Å². The fraction of sp³-hybridized carbons (Fsp3) is 0.227. The molecule has 0 fully saturated rings. The molecule has 2 aromatic rings. The van der Waals surface area contributed by atoms with E-state index in [-0.39, 0.29) is 29.1 Å². The summed E-state index contributed by atoms with van der Waals surface area (Å²) in [7, 11) is 0. The van der Waals surface area contributed by atoms with Gasteiger partial charge in [0.05, 0.1) is 39.3 Å². The molecule has 3 rings (SSSR count). The van der Waals surface area contributed by atoms with Gasteiger partial charge in [-0.15, -0.1) is 0 Å². The van der Waals surface area contributed by atoms with Crippen LogP contribution in [0.15, 0.2) is 69.6 Å². The van der Waals surface area contributed by atoms with Crippen LogP contribution in [0.4, 0.5) is 10.5 Å². The highest BCUT2D eigenvalue weighted by Crippen LogP contribution is 2.35. The lowest BCUT2D eigenvalue weighted by Gasteiger charge is -2.26. The molecule has 0 bridgehead atoms. The van der Waals surface area contributed by atoms with Gasteiger partial charge in [0.1, 0.15) is 6.61 Å². The van der Waals surface area contributed by atoms with E-state index in [1.165, 1.54) is 23.9 Å². The molecule has 33 heavy (non-hydrogen) atoms. The number of amides is 2. The lowest BCUT2D eigenvalue weighted by molar-refractivity contribution is -0.387.